The van der Waals surface area contributed by atoms with Gasteiger partial charge in [0.2, 0.25) is 0 Å². The number of amidine groups is 1. The Bertz CT molecular complexity index is 449. The van der Waals surface area contributed by atoms with Crippen molar-refractivity contribution >= 4 is 17.4 Å². The number of hydrogen-bond donors (Lipinski definition) is 2. The number of nitrogens with two attached hydrogens (primary N) is 1. The van der Waals surface area contributed by atoms with E-state index in [0.29, 0.717) is 28.9 Å². The summed E-state index contributed by atoms with van der Waals surface area (Å²) >= 11 is 6.14. The molecular formula is C15H23ClN2O2. The molecule has 1 atom stereocenters. The highest BCUT2D eigenvalue weighted by atomic mass is 35.5. The van der Waals surface area contributed by atoms with Crippen molar-refractivity contribution in [2.75, 3.05) is 6.61 Å². The molecule has 1 rings (SSSR count). The molecule has 0 saturated heterocycles. The predicted molar refractivity (Wildman–Crippen MR) is 82.8 cm³/mol. The van der Waals surface area contributed by atoms with Crippen molar-refractivity contribution in [3.63, 3.8) is 0 Å². The summed E-state index contributed by atoms with van der Waals surface area (Å²) in [6, 6.07) is 5.12. The molecule has 0 amide bonds. The van der Waals surface area contributed by atoms with Gasteiger partial charge in [0.25, 0.3) is 0 Å². The molecule has 0 heterocycles. The van der Waals surface area contributed by atoms with Crippen LogP contribution in [-0.4, -0.2) is 17.6 Å². The van der Waals surface area contributed by atoms with Crippen molar-refractivity contribution in [2.45, 2.75) is 39.5 Å². The van der Waals surface area contributed by atoms with E-state index < -0.39 is 0 Å². The summed E-state index contributed by atoms with van der Waals surface area (Å²) in [7, 11) is 0. The van der Waals surface area contributed by atoms with Gasteiger partial charge >= 0.3 is 0 Å². The van der Waals surface area contributed by atoms with E-state index in [0.717, 1.165) is 6.42 Å². The second kappa shape index (κ2) is 8.69. The van der Waals surface area contributed by atoms with Crippen molar-refractivity contribution in [3.05, 3.63) is 28.8 Å². The number of unbranched alkanes of at least 4 members (excludes halogenated alkanes) is 1. The number of rotatable bonds is 8. The van der Waals surface area contributed by atoms with Crippen LogP contribution in [-0.2, 0) is 0 Å². The normalized spacial score (nSPS) is 13.2. The first-order valence-corrected chi connectivity index (χ1v) is 7.40. The fraction of sp³-hybridized carbons (Fsp3) is 0.533. The average Bonchev–Trinajstić information content (AvgIpc) is 2.47. The SMILES string of the molecule is CCCCC(CC)COc1ccc(C(N)=NO)cc1Cl. The Hall–Kier alpha value is -1.42. The van der Waals surface area contributed by atoms with Crippen LogP contribution in [0, 0.1) is 5.92 Å². The van der Waals surface area contributed by atoms with Crippen LogP contribution < -0.4 is 10.5 Å². The van der Waals surface area contributed by atoms with Crippen LogP contribution in [0.25, 0.3) is 0 Å². The van der Waals surface area contributed by atoms with Gasteiger partial charge in [0.1, 0.15) is 5.75 Å². The molecule has 1 aromatic rings. The van der Waals surface area contributed by atoms with E-state index in [9.17, 15) is 0 Å². The number of hydrogen-bond acceptors (Lipinski definition) is 3. The van der Waals surface area contributed by atoms with E-state index in [1.165, 1.54) is 19.3 Å². The monoisotopic (exact) mass is 298 g/mol. The van der Waals surface area contributed by atoms with E-state index >= 15 is 0 Å². The molecule has 0 fully saturated rings. The van der Waals surface area contributed by atoms with E-state index in [4.69, 9.17) is 27.3 Å². The minimum absolute atomic E-state index is 0.0350. The fourth-order valence-corrected chi connectivity index (χ4v) is 2.18. The molecule has 0 bridgehead atoms. The lowest BCUT2D eigenvalue weighted by atomic mass is 10.0. The molecular weight excluding hydrogens is 276 g/mol. The quantitative estimate of drug-likeness (QED) is 0.329. The predicted octanol–water partition coefficient (Wildman–Crippen LogP) is 4.03. The highest BCUT2D eigenvalue weighted by Crippen LogP contribution is 2.26. The average molecular weight is 299 g/mol. The lowest BCUT2D eigenvalue weighted by Crippen LogP contribution is -2.14. The Morgan fingerprint density at radius 3 is 2.75 bits per heavy atom. The molecule has 1 aromatic carbocycles. The summed E-state index contributed by atoms with van der Waals surface area (Å²) in [6.45, 7) is 5.03. The lowest BCUT2D eigenvalue weighted by Gasteiger charge is -2.16. The minimum Gasteiger partial charge on any atom is -0.492 e. The zero-order chi connectivity index (χ0) is 15.0. The maximum absolute atomic E-state index is 8.63. The fourth-order valence-electron chi connectivity index (χ4n) is 1.94. The third-order valence-electron chi connectivity index (χ3n) is 3.35. The van der Waals surface area contributed by atoms with Gasteiger partial charge in [0.15, 0.2) is 5.84 Å². The summed E-state index contributed by atoms with van der Waals surface area (Å²) in [5.74, 6) is 1.22. The molecule has 20 heavy (non-hydrogen) atoms. The summed E-state index contributed by atoms with van der Waals surface area (Å²) in [6.07, 6.45) is 4.69. The molecule has 112 valence electrons. The van der Waals surface area contributed by atoms with E-state index in [1.54, 1.807) is 18.2 Å². The number of nitrogens with zero attached hydrogens (tertiary/aromatic N) is 1. The van der Waals surface area contributed by atoms with Crippen LogP contribution in [0.3, 0.4) is 0 Å². The Balaban J connectivity index is 2.64. The first-order valence-electron chi connectivity index (χ1n) is 7.02. The number of ether oxygens (including phenoxy) is 1. The van der Waals surface area contributed by atoms with Gasteiger partial charge < -0.3 is 15.7 Å². The zero-order valence-corrected chi connectivity index (χ0v) is 12.9. The molecule has 0 aliphatic heterocycles. The maximum atomic E-state index is 8.63. The topological polar surface area (TPSA) is 67.8 Å². The minimum atomic E-state index is 0.0350. The second-order valence-electron chi connectivity index (χ2n) is 4.86. The molecule has 5 heteroatoms. The first-order chi connectivity index (χ1) is 9.62. The standard InChI is InChI=1S/C15H23ClN2O2/c1-3-5-6-11(4-2)10-20-14-8-7-12(9-13(14)16)15(17)18-19/h7-9,11,19H,3-6,10H2,1-2H3,(H2,17,18). The molecule has 3 N–H and O–H groups in total. The van der Waals surface area contributed by atoms with Gasteiger partial charge in [0.05, 0.1) is 11.6 Å². The zero-order valence-electron chi connectivity index (χ0n) is 12.1. The van der Waals surface area contributed by atoms with Crippen molar-refractivity contribution in [1.82, 2.24) is 0 Å². The molecule has 0 aromatic heterocycles. The van der Waals surface area contributed by atoms with Crippen molar-refractivity contribution in [2.24, 2.45) is 16.8 Å². The van der Waals surface area contributed by atoms with Crippen LogP contribution >= 0.6 is 11.6 Å². The van der Waals surface area contributed by atoms with Crippen LogP contribution in [0.1, 0.15) is 45.1 Å². The maximum Gasteiger partial charge on any atom is 0.170 e. The molecule has 0 radical (unpaired) electrons. The van der Waals surface area contributed by atoms with E-state index in [2.05, 4.69) is 19.0 Å². The van der Waals surface area contributed by atoms with Crippen molar-refractivity contribution in [3.8, 4) is 5.75 Å². The molecule has 0 saturated carbocycles. The van der Waals surface area contributed by atoms with Gasteiger partial charge in [-0.05, 0) is 30.5 Å². The number of halogens is 1. The Morgan fingerprint density at radius 2 is 2.20 bits per heavy atom. The summed E-state index contributed by atoms with van der Waals surface area (Å²) in [5, 5.41) is 12.0. The molecule has 1 unspecified atom stereocenters. The third kappa shape index (κ3) is 4.93. The highest BCUT2D eigenvalue weighted by molar-refractivity contribution is 6.32. The van der Waals surface area contributed by atoms with Crippen LogP contribution in [0.4, 0.5) is 0 Å². The Morgan fingerprint density at radius 1 is 1.45 bits per heavy atom. The summed E-state index contributed by atoms with van der Waals surface area (Å²) in [5.41, 5.74) is 6.08. The molecule has 0 aliphatic carbocycles. The molecule has 0 aliphatic rings. The van der Waals surface area contributed by atoms with E-state index in [-0.39, 0.29) is 5.84 Å². The Labute approximate surface area is 125 Å². The lowest BCUT2D eigenvalue weighted by molar-refractivity contribution is 0.233. The highest BCUT2D eigenvalue weighted by Gasteiger charge is 2.10. The second-order valence-corrected chi connectivity index (χ2v) is 5.27. The number of oxime groups is 1. The van der Waals surface area contributed by atoms with Crippen LogP contribution in [0.15, 0.2) is 23.4 Å². The van der Waals surface area contributed by atoms with Crippen LogP contribution in [0.5, 0.6) is 5.75 Å². The van der Waals surface area contributed by atoms with Gasteiger partial charge in [-0.1, -0.05) is 49.9 Å². The van der Waals surface area contributed by atoms with Gasteiger partial charge in [0, 0.05) is 5.56 Å². The van der Waals surface area contributed by atoms with Gasteiger partial charge in [-0.3, -0.25) is 0 Å². The Kier molecular flexibility index (Phi) is 7.23. The van der Waals surface area contributed by atoms with Crippen molar-refractivity contribution in [1.29, 1.82) is 0 Å². The molecule has 0 spiro atoms. The largest absolute Gasteiger partial charge is 0.492 e. The third-order valence-corrected chi connectivity index (χ3v) is 3.65. The van der Waals surface area contributed by atoms with Gasteiger partial charge in [-0.2, -0.15) is 0 Å². The summed E-state index contributed by atoms with van der Waals surface area (Å²) < 4.78 is 5.78. The van der Waals surface area contributed by atoms with Crippen LogP contribution in [0.2, 0.25) is 5.02 Å². The van der Waals surface area contributed by atoms with Gasteiger partial charge in [-0.15, -0.1) is 0 Å². The first kappa shape index (κ1) is 16.6. The van der Waals surface area contributed by atoms with E-state index in [1.807, 2.05) is 0 Å². The van der Waals surface area contributed by atoms with Crippen molar-refractivity contribution < 1.29 is 9.94 Å². The number of benzene rings is 1. The molecule has 4 nitrogen and oxygen atoms in total. The smallest absolute Gasteiger partial charge is 0.170 e. The summed E-state index contributed by atoms with van der Waals surface area (Å²) in [4.78, 5) is 0. The van der Waals surface area contributed by atoms with Gasteiger partial charge in [-0.25, -0.2) is 0 Å².